The average Bonchev–Trinajstić information content (AvgIpc) is 2.70. The molecule has 1 N–H and O–H groups in total. The number of hydrogen-bond acceptors (Lipinski definition) is 6. The Bertz CT molecular complexity index is 795. The molecule has 0 fully saturated rings. The first-order chi connectivity index (χ1) is 12.5. The van der Waals surface area contributed by atoms with Gasteiger partial charge in [-0.25, -0.2) is 5.43 Å². The Morgan fingerprint density at radius 3 is 1.96 bits per heavy atom. The van der Waals surface area contributed by atoms with Crippen LogP contribution < -0.4 is 24.4 Å². The zero-order chi connectivity index (χ0) is 19.1. The summed E-state index contributed by atoms with van der Waals surface area (Å²) >= 11 is 0. The minimum atomic E-state index is -0.373. The second-order valence-electron chi connectivity index (χ2n) is 5.31. The van der Waals surface area contributed by atoms with Gasteiger partial charge >= 0.3 is 0 Å². The monoisotopic (exact) mass is 358 g/mol. The van der Waals surface area contributed by atoms with Gasteiger partial charge in [0.05, 0.1) is 34.2 Å². The molecule has 7 nitrogen and oxygen atoms in total. The van der Waals surface area contributed by atoms with Crippen molar-refractivity contribution in [2.24, 2.45) is 5.10 Å². The lowest BCUT2D eigenvalue weighted by Crippen LogP contribution is -2.19. The number of benzene rings is 2. The maximum absolute atomic E-state index is 12.4. The number of rotatable bonds is 7. The second-order valence-corrected chi connectivity index (χ2v) is 5.31. The molecule has 0 aliphatic heterocycles. The third-order valence-corrected chi connectivity index (χ3v) is 3.74. The predicted molar refractivity (Wildman–Crippen MR) is 98.8 cm³/mol. The van der Waals surface area contributed by atoms with Crippen molar-refractivity contribution in [3.8, 4) is 23.0 Å². The Morgan fingerprint density at radius 2 is 1.42 bits per heavy atom. The fourth-order valence-corrected chi connectivity index (χ4v) is 2.26. The predicted octanol–water partition coefficient (Wildman–Crippen LogP) is 2.88. The van der Waals surface area contributed by atoms with Gasteiger partial charge in [-0.2, -0.15) is 5.10 Å². The standard InChI is InChI=1S/C19H22N2O5/c1-12(13-6-7-17(25-4)18(10-13)26-5)20-21-19(22)14-8-15(23-2)11-16(9-14)24-3/h6-11H,1-5H3,(H,21,22)/b20-12-. The largest absolute Gasteiger partial charge is 0.497 e. The van der Waals surface area contributed by atoms with Crippen LogP contribution in [0.3, 0.4) is 0 Å². The SMILES string of the molecule is COc1cc(OC)cc(C(=O)N/N=C(/C)c2ccc(OC)c(OC)c2)c1. The molecule has 0 radical (unpaired) electrons. The summed E-state index contributed by atoms with van der Waals surface area (Å²) in [4.78, 5) is 12.4. The van der Waals surface area contributed by atoms with Crippen LogP contribution in [0.4, 0.5) is 0 Å². The topological polar surface area (TPSA) is 78.4 Å². The van der Waals surface area contributed by atoms with Crippen LogP contribution in [0.15, 0.2) is 41.5 Å². The fourth-order valence-electron chi connectivity index (χ4n) is 2.26. The highest BCUT2D eigenvalue weighted by Crippen LogP contribution is 2.27. The molecule has 0 heterocycles. The summed E-state index contributed by atoms with van der Waals surface area (Å²) < 4.78 is 20.8. The van der Waals surface area contributed by atoms with Gasteiger partial charge in [0.15, 0.2) is 11.5 Å². The first kappa shape index (κ1) is 19.1. The first-order valence-corrected chi connectivity index (χ1v) is 7.82. The zero-order valence-electron chi connectivity index (χ0n) is 15.5. The third kappa shape index (κ3) is 4.44. The van der Waals surface area contributed by atoms with Crippen molar-refractivity contribution in [3.05, 3.63) is 47.5 Å². The van der Waals surface area contributed by atoms with E-state index >= 15 is 0 Å². The molecule has 0 spiro atoms. The van der Waals surface area contributed by atoms with E-state index in [9.17, 15) is 4.79 Å². The van der Waals surface area contributed by atoms with Gasteiger partial charge < -0.3 is 18.9 Å². The molecule has 0 unspecified atom stereocenters. The Morgan fingerprint density at radius 1 is 0.808 bits per heavy atom. The van der Waals surface area contributed by atoms with Crippen LogP contribution in [0, 0.1) is 0 Å². The van der Waals surface area contributed by atoms with E-state index in [1.807, 2.05) is 6.07 Å². The summed E-state index contributed by atoms with van der Waals surface area (Å²) in [5, 5.41) is 4.15. The molecule has 0 bridgehead atoms. The van der Waals surface area contributed by atoms with E-state index in [0.29, 0.717) is 34.3 Å². The van der Waals surface area contributed by atoms with Crippen LogP contribution >= 0.6 is 0 Å². The Hall–Kier alpha value is -3.22. The molecule has 138 valence electrons. The molecule has 0 atom stereocenters. The molecule has 0 aromatic heterocycles. The van der Waals surface area contributed by atoms with Crippen molar-refractivity contribution in [3.63, 3.8) is 0 Å². The highest BCUT2D eigenvalue weighted by Gasteiger charge is 2.10. The van der Waals surface area contributed by atoms with Gasteiger partial charge in [0.25, 0.3) is 5.91 Å². The van der Waals surface area contributed by atoms with Crippen LogP contribution in [0.2, 0.25) is 0 Å². The number of hydrazone groups is 1. The lowest BCUT2D eigenvalue weighted by molar-refractivity contribution is 0.0954. The minimum Gasteiger partial charge on any atom is -0.497 e. The van der Waals surface area contributed by atoms with Crippen molar-refractivity contribution >= 4 is 11.6 Å². The number of carbonyl (C=O) groups excluding carboxylic acids is 1. The minimum absolute atomic E-state index is 0.373. The van der Waals surface area contributed by atoms with E-state index in [1.165, 1.54) is 14.2 Å². The third-order valence-electron chi connectivity index (χ3n) is 3.74. The van der Waals surface area contributed by atoms with Gasteiger partial charge in [-0.05, 0) is 37.3 Å². The van der Waals surface area contributed by atoms with Crippen LogP contribution in [0.5, 0.6) is 23.0 Å². The number of amides is 1. The summed E-state index contributed by atoms with van der Waals surface area (Å²) in [6.07, 6.45) is 0. The molecule has 2 aromatic rings. The van der Waals surface area contributed by atoms with E-state index in [-0.39, 0.29) is 5.91 Å². The van der Waals surface area contributed by atoms with Crippen LogP contribution in [-0.2, 0) is 0 Å². The number of methoxy groups -OCH3 is 4. The molecule has 0 aliphatic carbocycles. The van der Waals surface area contributed by atoms with Gasteiger partial charge in [-0.1, -0.05) is 0 Å². The lowest BCUT2D eigenvalue weighted by atomic mass is 10.1. The zero-order valence-corrected chi connectivity index (χ0v) is 15.5. The van der Waals surface area contributed by atoms with Crippen molar-refractivity contribution in [1.82, 2.24) is 5.43 Å². The highest BCUT2D eigenvalue weighted by atomic mass is 16.5. The summed E-state index contributed by atoms with van der Waals surface area (Å²) in [6.45, 7) is 1.79. The number of carbonyl (C=O) groups is 1. The number of ether oxygens (including phenoxy) is 4. The van der Waals surface area contributed by atoms with E-state index in [0.717, 1.165) is 5.56 Å². The highest BCUT2D eigenvalue weighted by molar-refractivity contribution is 6.01. The average molecular weight is 358 g/mol. The number of hydrogen-bond donors (Lipinski definition) is 1. The van der Waals surface area contributed by atoms with E-state index in [1.54, 1.807) is 51.5 Å². The molecule has 2 rings (SSSR count). The van der Waals surface area contributed by atoms with Crippen LogP contribution in [0.1, 0.15) is 22.8 Å². The molecular formula is C19H22N2O5. The molecular weight excluding hydrogens is 336 g/mol. The van der Waals surface area contributed by atoms with Crippen LogP contribution in [0.25, 0.3) is 0 Å². The molecule has 7 heteroatoms. The summed E-state index contributed by atoms with van der Waals surface area (Å²) in [7, 11) is 6.18. The molecule has 0 saturated carbocycles. The van der Waals surface area contributed by atoms with Gasteiger partial charge in [0.2, 0.25) is 0 Å². The van der Waals surface area contributed by atoms with Gasteiger partial charge in [-0.15, -0.1) is 0 Å². The number of nitrogens with one attached hydrogen (secondary N) is 1. The quantitative estimate of drug-likeness (QED) is 0.608. The summed E-state index contributed by atoms with van der Waals surface area (Å²) in [6, 6.07) is 10.3. The summed E-state index contributed by atoms with van der Waals surface area (Å²) in [5.41, 5.74) is 4.33. The van der Waals surface area contributed by atoms with E-state index in [2.05, 4.69) is 10.5 Å². The van der Waals surface area contributed by atoms with Crippen molar-refractivity contribution in [1.29, 1.82) is 0 Å². The molecule has 26 heavy (non-hydrogen) atoms. The maximum Gasteiger partial charge on any atom is 0.271 e. The molecule has 0 aliphatic rings. The van der Waals surface area contributed by atoms with Crippen LogP contribution in [-0.4, -0.2) is 40.1 Å². The van der Waals surface area contributed by atoms with Crippen molar-refractivity contribution < 1.29 is 23.7 Å². The second kappa shape index (κ2) is 8.75. The molecule has 2 aromatic carbocycles. The normalized spacial score (nSPS) is 10.9. The van der Waals surface area contributed by atoms with Gasteiger partial charge in [-0.3, -0.25) is 4.79 Å². The first-order valence-electron chi connectivity index (χ1n) is 7.82. The Kier molecular flexibility index (Phi) is 6.43. The summed E-state index contributed by atoms with van der Waals surface area (Å²) in [5.74, 6) is 1.88. The fraction of sp³-hybridized carbons (Fsp3) is 0.263. The van der Waals surface area contributed by atoms with Gasteiger partial charge in [0.1, 0.15) is 11.5 Å². The Balaban J connectivity index is 2.19. The van der Waals surface area contributed by atoms with E-state index < -0.39 is 0 Å². The Labute approximate surface area is 152 Å². The van der Waals surface area contributed by atoms with Crippen molar-refractivity contribution in [2.45, 2.75) is 6.92 Å². The lowest BCUT2D eigenvalue weighted by Gasteiger charge is -2.10. The van der Waals surface area contributed by atoms with Gasteiger partial charge in [0, 0.05) is 17.2 Å². The molecule has 1 amide bonds. The number of nitrogens with zero attached hydrogens (tertiary/aromatic N) is 1. The smallest absolute Gasteiger partial charge is 0.271 e. The van der Waals surface area contributed by atoms with Crippen molar-refractivity contribution in [2.75, 3.05) is 28.4 Å². The molecule has 0 saturated heterocycles. The van der Waals surface area contributed by atoms with E-state index in [4.69, 9.17) is 18.9 Å². The maximum atomic E-state index is 12.4.